The van der Waals surface area contributed by atoms with Gasteiger partial charge >= 0.3 is 0 Å². The fourth-order valence-corrected chi connectivity index (χ4v) is 1.25. The van der Waals surface area contributed by atoms with Crippen LogP contribution < -0.4 is 0 Å². The van der Waals surface area contributed by atoms with Gasteiger partial charge in [-0.2, -0.15) is 0 Å². The van der Waals surface area contributed by atoms with E-state index in [1.165, 1.54) is 12.8 Å². The van der Waals surface area contributed by atoms with Gasteiger partial charge in [0.1, 0.15) is 5.82 Å². The average molecular weight is 163 g/mol. The molecule has 1 heterocycles. The van der Waals surface area contributed by atoms with Crippen LogP contribution in [-0.2, 0) is 6.54 Å². The second kappa shape index (κ2) is 2.87. The number of azide groups is 1. The fourth-order valence-electron chi connectivity index (χ4n) is 1.25. The van der Waals surface area contributed by atoms with Gasteiger partial charge in [0.15, 0.2) is 0 Å². The van der Waals surface area contributed by atoms with Gasteiger partial charge in [0, 0.05) is 23.3 Å². The van der Waals surface area contributed by atoms with Crippen molar-refractivity contribution in [2.24, 2.45) is 5.11 Å². The standard InChI is InChI=1S/C7H9N5/c8-11-10-5-7-9-3-4-12(7)6-1-2-6/h3-4,6H,1-2,5H2. The van der Waals surface area contributed by atoms with Crippen molar-refractivity contribution in [1.29, 1.82) is 0 Å². The molecule has 0 bridgehead atoms. The van der Waals surface area contributed by atoms with Gasteiger partial charge in [0.2, 0.25) is 0 Å². The molecule has 62 valence electrons. The first-order valence-electron chi connectivity index (χ1n) is 3.94. The summed E-state index contributed by atoms with van der Waals surface area (Å²) in [6.45, 7) is 0.361. The van der Waals surface area contributed by atoms with Gasteiger partial charge in [0.25, 0.3) is 0 Å². The lowest BCUT2D eigenvalue weighted by Gasteiger charge is -2.01. The highest BCUT2D eigenvalue weighted by molar-refractivity contribution is 4.99. The molecular formula is C7H9N5. The number of aromatic nitrogens is 2. The first-order chi connectivity index (χ1) is 5.92. The third-order valence-corrected chi connectivity index (χ3v) is 1.96. The Labute approximate surface area is 69.7 Å². The van der Waals surface area contributed by atoms with Crippen LogP contribution in [0.5, 0.6) is 0 Å². The molecule has 1 aromatic rings. The van der Waals surface area contributed by atoms with E-state index in [2.05, 4.69) is 19.6 Å². The van der Waals surface area contributed by atoms with Crippen LogP contribution in [-0.4, -0.2) is 9.55 Å². The van der Waals surface area contributed by atoms with E-state index in [-0.39, 0.29) is 0 Å². The Balaban J connectivity index is 2.17. The number of imidazole rings is 1. The minimum absolute atomic E-state index is 0.361. The lowest BCUT2D eigenvalue weighted by molar-refractivity contribution is 0.681. The Kier molecular flexibility index (Phi) is 1.72. The molecule has 2 rings (SSSR count). The second-order valence-electron chi connectivity index (χ2n) is 2.87. The maximum atomic E-state index is 8.13. The Morgan fingerprint density at radius 1 is 1.75 bits per heavy atom. The molecule has 12 heavy (non-hydrogen) atoms. The van der Waals surface area contributed by atoms with Crippen molar-refractivity contribution in [2.45, 2.75) is 25.4 Å². The Morgan fingerprint density at radius 2 is 2.58 bits per heavy atom. The van der Waals surface area contributed by atoms with Crippen molar-refractivity contribution < 1.29 is 0 Å². The van der Waals surface area contributed by atoms with Gasteiger partial charge in [-0.3, -0.25) is 0 Å². The molecule has 0 atom stereocenters. The molecule has 1 aliphatic rings. The third kappa shape index (κ3) is 1.26. The van der Waals surface area contributed by atoms with Gasteiger partial charge in [-0.1, -0.05) is 5.11 Å². The van der Waals surface area contributed by atoms with E-state index in [0.29, 0.717) is 12.6 Å². The topological polar surface area (TPSA) is 66.6 Å². The summed E-state index contributed by atoms with van der Waals surface area (Å²) in [5.41, 5.74) is 8.13. The minimum atomic E-state index is 0.361. The summed E-state index contributed by atoms with van der Waals surface area (Å²) < 4.78 is 2.09. The molecule has 1 aromatic heterocycles. The van der Waals surface area contributed by atoms with Crippen LogP contribution in [0.2, 0.25) is 0 Å². The smallest absolute Gasteiger partial charge is 0.114 e. The molecule has 0 aromatic carbocycles. The van der Waals surface area contributed by atoms with Gasteiger partial charge < -0.3 is 4.57 Å². The maximum absolute atomic E-state index is 8.13. The molecule has 0 radical (unpaired) electrons. The predicted octanol–water partition coefficient (Wildman–Crippen LogP) is 2.03. The number of nitrogens with zero attached hydrogens (tertiary/aromatic N) is 5. The number of rotatable bonds is 3. The van der Waals surface area contributed by atoms with Crippen molar-refractivity contribution in [2.75, 3.05) is 0 Å². The van der Waals surface area contributed by atoms with Crippen LogP contribution in [0, 0.1) is 0 Å². The molecule has 0 N–H and O–H groups in total. The normalized spacial score (nSPS) is 15.7. The van der Waals surface area contributed by atoms with Crippen molar-refractivity contribution in [1.82, 2.24) is 9.55 Å². The fraction of sp³-hybridized carbons (Fsp3) is 0.571. The summed E-state index contributed by atoms with van der Waals surface area (Å²) >= 11 is 0. The van der Waals surface area contributed by atoms with Crippen molar-refractivity contribution >= 4 is 0 Å². The van der Waals surface area contributed by atoms with Crippen LogP contribution in [0.25, 0.3) is 10.4 Å². The van der Waals surface area contributed by atoms with Crippen LogP contribution >= 0.6 is 0 Å². The predicted molar refractivity (Wildman–Crippen MR) is 43.3 cm³/mol. The zero-order chi connectivity index (χ0) is 8.39. The summed E-state index contributed by atoms with van der Waals surface area (Å²) in [5.74, 6) is 0.871. The summed E-state index contributed by atoms with van der Waals surface area (Å²) in [6.07, 6.45) is 6.14. The molecular weight excluding hydrogens is 154 g/mol. The third-order valence-electron chi connectivity index (χ3n) is 1.96. The monoisotopic (exact) mass is 163 g/mol. The molecule has 0 spiro atoms. The Hall–Kier alpha value is -1.48. The summed E-state index contributed by atoms with van der Waals surface area (Å²) in [4.78, 5) is 6.82. The quantitative estimate of drug-likeness (QED) is 0.382. The van der Waals surface area contributed by atoms with Crippen LogP contribution in [0.4, 0.5) is 0 Å². The van der Waals surface area contributed by atoms with Gasteiger partial charge in [-0.05, 0) is 18.4 Å². The van der Waals surface area contributed by atoms with Crippen molar-refractivity contribution in [3.63, 3.8) is 0 Å². The molecule has 0 aliphatic heterocycles. The SMILES string of the molecule is [N-]=[N+]=NCc1nccn1C1CC1. The highest BCUT2D eigenvalue weighted by Gasteiger charge is 2.24. The van der Waals surface area contributed by atoms with E-state index < -0.39 is 0 Å². The summed E-state index contributed by atoms with van der Waals surface area (Å²) in [6, 6.07) is 0.608. The van der Waals surface area contributed by atoms with Crippen LogP contribution in [0.15, 0.2) is 17.5 Å². The molecule has 1 aliphatic carbocycles. The van der Waals surface area contributed by atoms with E-state index in [1.807, 2.05) is 6.20 Å². The maximum Gasteiger partial charge on any atom is 0.114 e. The molecule has 1 fully saturated rings. The van der Waals surface area contributed by atoms with E-state index >= 15 is 0 Å². The van der Waals surface area contributed by atoms with Gasteiger partial charge in [0.05, 0.1) is 6.54 Å². The molecule has 5 nitrogen and oxygen atoms in total. The van der Waals surface area contributed by atoms with Gasteiger partial charge in [-0.25, -0.2) is 4.98 Å². The largest absolute Gasteiger partial charge is 0.332 e. The van der Waals surface area contributed by atoms with Crippen LogP contribution in [0.1, 0.15) is 24.7 Å². The molecule has 0 saturated heterocycles. The summed E-state index contributed by atoms with van der Waals surface area (Å²) in [5, 5.41) is 3.48. The molecule has 5 heteroatoms. The number of hydrogen-bond donors (Lipinski definition) is 0. The lowest BCUT2D eigenvalue weighted by atomic mass is 10.5. The minimum Gasteiger partial charge on any atom is -0.332 e. The Bertz CT molecular complexity index is 318. The zero-order valence-electron chi connectivity index (χ0n) is 6.59. The molecule has 1 saturated carbocycles. The molecule has 0 unspecified atom stereocenters. The average Bonchev–Trinajstić information content (AvgIpc) is 2.83. The van der Waals surface area contributed by atoms with E-state index in [4.69, 9.17) is 5.53 Å². The van der Waals surface area contributed by atoms with Crippen LogP contribution in [0.3, 0.4) is 0 Å². The first kappa shape index (κ1) is 7.18. The molecule has 0 amide bonds. The van der Waals surface area contributed by atoms with Crippen molar-refractivity contribution in [3.05, 3.63) is 28.7 Å². The highest BCUT2D eigenvalue weighted by Crippen LogP contribution is 2.35. The second-order valence-corrected chi connectivity index (χ2v) is 2.87. The van der Waals surface area contributed by atoms with Crippen molar-refractivity contribution in [3.8, 4) is 0 Å². The van der Waals surface area contributed by atoms with E-state index in [9.17, 15) is 0 Å². The van der Waals surface area contributed by atoms with E-state index in [1.54, 1.807) is 6.20 Å². The highest BCUT2D eigenvalue weighted by atomic mass is 15.2. The van der Waals surface area contributed by atoms with Gasteiger partial charge in [-0.15, -0.1) is 0 Å². The summed E-state index contributed by atoms with van der Waals surface area (Å²) in [7, 11) is 0. The first-order valence-corrected chi connectivity index (χ1v) is 3.94. The lowest BCUT2D eigenvalue weighted by Crippen LogP contribution is -1.98. The number of hydrogen-bond acceptors (Lipinski definition) is 2. The van der Waals surface area contributed by atoms with E-state index in [0.717, 1.165) is 5.82 Å². The Morgan fingerprint density at radius 3 is 3.25 bits per heavy atom. The zero-order valence-corrected chi connectivity index (χ0v) is 6.59.